The van der Waals surface area contributed by atoms with Crippen molar-refractivity contribution in [2.75, 3.05) is 5.73 Å². The molecule has 1 atom stereocenters. The standard InChI is InChI=1S/C16H18ClN3O3S/c1-9(24-8-10-4-6-11(17)7-5-10)13(21)12-14(18)19(2)16(23)20(3)15(12)22/h4-7,9H,8,18H2,1-3H3/t9-/m1/s1. The fourth-order valence-electron chi connectivity index (χ4n) is 2.17. The van der Waals surface area contributed by atoms with Crippen LogP contribution in [0.15, 0.2) is 33.9 Å². The number of carbonyl (C=O) groups excluding carboxylic acids is 1. The maximum atomic E-state index is 12.6. The lowest BCUT2D eigenvalue weighted by Gasteiger charge is -2.14. The van der Waals surface area contributed by atoms with Gasteiger partial charge in [-0.3, -0.25) is 18.7 Å². The molecule has 2 rings (SSSR count). The number of thioether (sulfide) groups is 1. The van der Waals surface area contributed by atoms with Gasteiger partial charge in [-0.15, -0.1) is 11.8 Å². The Bertz CT molecular complexity index is 887. The molecule has 24 heavy (non-hydrogen) atoms. The van der Waals surface area contributed by atoms with Gasteiger partial charge < -0.3 is 5.73 Å². The Hall–Kier alpha value is -1.99. The zero-order valence-corrected chi connectivity index (χ0v) is 15.1. The van der Waals surface area contributed by atoms with Gasteiger partial charge >= 0.3 is 5.69 Å². The van der Waals surface area contributed by atoms with Crippen molar-refractivity contribution in [2.45, 2.75) is 17.9 Å². The largest absolute Gasteiger partial charge is 0.384 e. The number of anilines is 1. The first-order valence-electron chi connectivity index (χ1n) is 7.19. The number of nitrogen functional groups attached to an aromatic ring is 1. The third kappa shape index (κ3) is 3.57. The van der Waals surface area contributed by atoms with Crippen LogP contribution in [-0.4, -0.2) is 20.2 Å². The lowest BCUT2D eigenvalue weighted by Crippen LogP contribution is -2.42. The molecular weight excluding hydrogens is 350 g/mol. The number of carbonyl (C=O) groups is 1. The van der Waals surface area contributed by atoms with E-state index in [1.165, 1.54) is 25.9 Å². The molecule has 0 amide bonds. The second kappa shape index (κ2) is 7.27. The number of aromatic nitrogens is 2. The number of halogens is 1. The number of nitrogens with two attached hydrogens (primary N) is 1. The van der Waals surface area contributed by atoms with Gasteiger partial charge in [0.15, 0.2) is 5.78 Å². The van der Waals surface area contributed by atoms with E-state index in [4.69, 9.17) is 17.3 Å². The van der Waals surface area contributed by atoms with Crippen LogP contribution in [-0.2, 0) is 19.8 Å². The lowest BCUT2D eigenvalue weighted by molar-refractivity contribution is 0.0992. The average Bonchev–Trinajstić information content (AvgIpc) is 2.57. The average molecular weight is 368 g/mol. The highest BCUT2D eigenvalue weighted by Gasteiger charge is 2.24. The quantitative estimate of drug-likeness (QED) is 0.814. The number of hydrogen-bond donors (Lipinski definition) is 1. The van der Waals surface area contributed by atoms with Crippen molar-refractivity contribution < 1.29 is 4.79 Å². The van der Waals surface area contributed by atoms with Gasteiger partial charge in [-0.05, 0) is 24.6 Å². The van der Waals surface area contributed by atoms with Gasteiger partial charge in [0, 0.05) is 24.9 Å². The SMILES string of the molecule is C[C@@H](SCc1ccc(Cl)cc1)C(=O)c1c(N)n(C)c(=O)n(C)c1=O. The Morgan fingerprint density at radius 1 is 1.21 bits per heavy atom. The third-order valence-electron chi connectivity index (χ3n) is 3.74. The van der Waals surface area contributed by atoms with Gasteiger partial charge in [0.25, 0.3) is 5.56 Å². The van der Waals surface area contributed by atoms with Gasteiger partial charge in [0.05, 0.1) is 5.25 Å². The van der Waals surface area contributed by atoms with Crippen LogP contribution in [0, 0.1) is 0 Å². The maximum absolute atomic E-state index is 12.6. The van der Waals surface area contributed by atoms with Gasteiger partial charge in [0.2, 0.25) is 0 Å². The molecule has 0 saturated heterocycles. The van der Waals surface area contributed by atoms with E-state index >= 15 is 0 Å². The molecule has 0 aliphatic rings. The molecule has 2 N–H and O–H groups in total. The summed E-state index contributed by atoms with van der Waals surface area (Å²) in [5.41, 5.74) is 5.47. The summed E-state index contributed by atoms with van der Waals surface area (Å²) in [6, 6.07) is 7.33. The van der Waals surface area contributed by atoms with Crippen molar-refractivity contribution in [1.29, 1.82) is 0 Å². The molecule has 1 heterocycles. The van der Waals surface area contributed by atoms with Crippen LogP contribution in [0.1, 0.15) is 22.8 Å². The summed E-state index contributed by atoms with van der Waals surface area (Å²) >= 11 is 7.23. The lowest BCUT2D eigenvalue weighted by atomic mass is 10.1. The highest BCUT2D eigenvalue weighted by atomic mass is 35.5. The molecule has 0 unspecified atom stereocenters. The van der Waals surface area contributed by atoms with Gasteiger partial charge in [-0.1, -0.05) is 23.7 Å². The fourth-order valence-corrected chi connectivity index (χ4v) is 3.20. The smallest absolute Gasteiger partial charge is 0.332 e. The van der Waals surface area contributed by atoms with Crippen molar-refractivity contribution in [3.63, 3.8) is 0 Å². The normalized spacial score (nSPS) is 12.2. The molecule has 6 nitrogen and oxygen atoms in total. The number of nitrogens with zero attached hydrogens (tertiary/aromatic N) is 2. The Morgan fingerprint density at radius 3 is 2.38 bits per heavy atom. The molecule has 0 bridgehead atoms. The third-order valence-corrected chi connectivity index (χ3v) is 5.20. The molecule has 1 aromatic carbocycles. The van der Waals surface area contributed by atoms with Crippen LogP contribution in [0.3, 0.4) is 0 Å². The van der Waals surface area contributed by atoms with Crippen LogP contribution in [0.5, 0.6) is 0 Å². The molecule has 2 aromatic rings. The van der Waals surface area contributed by atoms with Gasteiger partial charge in [0.1, 0.15) is 11.4 Å². The van der Waals surface area contributed by atoms with E-state index in [0.717, 1.165) is 14.7 Å². The molecule has 8 heteroatoms. The van der Waals surface area contributed by atoms with E-state index in [2.05, 4.69) is 0 Å². The zero-order valence-electron chi connectivity index (χ0n) is 13.6. The highest BCUT2D eigenvalue weighted by molar-refractivity contribution is 7.99. The van der Waals surface area contributed by atoms with Crippen LogP contribution in [0.4, 0.5) is 5.82 Å². The van der Waals surface area contributed by atoms with Crippen LogP contribution < -0.4 is 17.0 Å². The fraction of sp³-hybridized carbons (Fsp3) is 0.312. The molecule has 128 valence electrons. The molecule has 0 radical (unpaired) electrons. The monoisotopic (exact) mass is 367 g/mol. The highest BCUT2D eigenvalue weighted by Crippen LogP contribution is 2.22. The molecule has 0 saturated carbocycles. The summed E-state index contributed by atoms with van der Waals surface area (Å²) in [5, 5.41) is 0.169. The summed E-state index contributed by atoms with van der Waals surface area (Å²) in [6.45, 7) is 1.72. The van der Waals surface area contributed by atoms with Gasteiger partial charge in [-0.25, -0.2) is 4.79 Å². The predicted molar refractivity (Wildman–Crippen MR) is 97.9 cm³/mol. The first kappa shape index (κ1) is 18.4. The van der Waals surface area contributed by atoms with E-state index in [1.54, 1.807) is 19.1 Å². The number of ketones is 1. The Labute approximate surface area is 148 Å². The van der Waals surface area contributed by atoms with E-state index in [9.17, 15) is 14.4 Å². The van der Waals surface area contributed by atoms with Crippen LogP contribution in [0.2, 0.25) is 5.02 Å². The summed E-state index contributed by atoms with van der Waals surface area (Å²) < 4.78 is 1.99. The van der Waals surface area contributed by atoms with Crippen molar-refractivity contribution >= 4 is 35.0 Å². The zero-order chi connectivity index (χ0) is 18.0. The number of rotatable bonds is 5. The second-order valence-corrected chi connectivity index (χ2v) is 7.18. The summed E-state index contributed by atoms with van der Waals surface area (Å²) in [5.74, 6) is 0.102. The Kier molecular flexibility index (Phi) is 5.56. The molecule has 0 aliphatic heterocycles. The minimum absolute atomic E-state index is 0.105. The molecule has 1 aromatic heterocycles. The van der Waals surface area contributed by atoms with Crippen molar-refractivity contribution in [3.05, 3.63) is 61.3 Å². The molecule has 0 spiro atoms. The summed E-state index contributed by atoms with van der Waals surface area (Å²) in [4.78, 5) is 36.7. The topological polar surface area (TPSA) is 87.1 Å². The number of hydrogen-bond acceptors (Lipinski definition) is 5. The predicted octanol–water partition coefficient (Wildman–Crippen LogP) is 1.82. The van der Waals surface area contributed by atoms with Crippen molar-refractivity contribution in [1.82, 2.24) is 9.13 Å². The van der Waals surface area contributed by atoms with E-state index < -0.39 is 16.5 Å². The number of benzene rings is 1. The van der Waals surface area contributed by atoms with Gasteiger partial charge in [-0.2, -0.15) is 0 Å². The minimum atomic E-state index is -0.667. The van der Waals surface area contributed by atoms with Crippen molar-refractivity contribution in [3.8, 4) is 0 Å². The summed E-state index contributed by atoms with van der Waals surface area (Å²) in [6.07, 6.45) is 0. The number of Topliss-reactive ketones (excluding diaryl/α,β-unsaturated/α-hetero) is 1. The second-order valence-electron chi connectivity index (χ2n) is 5.41. The Morgan fingerprint density at radius 2 is 1.79 bits per heavy atom. The van der Waals surface area contributed by atoms with Crippen molar-refractivity contribution in [2.24, 2.45) is 14.1 Å². The first-order valence-corrected chi connectivity index (χ1v) is 8.62. The molecule has 0 aliphatic carbocycles. The maximum Gasteiger partial charge on any atom is 0.332 e. The van der Waals surface area contributed by atoms with Crippen LogP contribution in [0.25, 0.3) is 0 Å². The van der Waals surface area contributed by atoms with E-state index in [1.807, 2.05) is 12.1 Å². The molecular formula is C16H18ClN3O3S. The first-order chi connectivity index (χ1) is 11.2. The Balaban J connectivity index is 2.24. The minimum Gasteiger partial charge on any atom is -0.384 e. The van der Waals surface area contributed by atoms with E-state index in [0.29, 0.717) is 10.8 Å². The van der Waals surface area contributed by atoms with E-state index in [-0.39, 0.29) is 17.2 Å². The molecule has 0 fully saturated rings. The van der Waals surface area contributed by atoms with Crippen LogP contribution >= 0.6 is 23.4 Å². The summed E-state index contributed by atoms with van der Waals surface area (Å²) in [7, 11) is 2.76.